The summed E-state index contributed by atoms with van der Waals surface area (Å²) >= 11 is 5.92. The zero-order chi connectivity index (χ0) is 10.3. The van der Waals surface area contributed by atoms with Gasteiger partial charge in [-0.1, -0.05) is 25.4 Å². The number of aromatic hydroxyl groups is 1. The molecule has 0 saturated carbocycles. The van der Waals surface area contributed by atoms with Crippen LogP contribution in [-0.4, -0.2) is 5.11 Å². The van der Waals surface area contributed by atoms with Crippen molar-refractivity contribution in [3.05, 3.63) is 28.3 Å². The number of halogens is 1. The van der Waals surface area contributed by atoms with Gasteiger partial charge in [0, 0.05) is 0 Å². The molecule has 1 nitrogen and oxygen atoms in total. The minimum atomic E-state index is 0.199. The predicted molar refractivity (Wildman–Crippen MR) is 59.1 cm³/mol. The second-order valence-electron chi connectivity index (χ2n) is 4.70. The van der Waals surface area contributed by atoms with Crippen LogP contribution >= 0.6 is 11.6 Å². The molecule has 1 aliphatic rings. The molecule has 0 atom stereocenters. The number of aryl methyl sites for hydroxylation is 1. The number of rotatable bonds is 0. The van der Waals surface area contributed by atoms with E-state index in [0.717, 1.165) is 6.42 Å². The largest absolute Gasteiger partial charge is 0.506 e. The fourth-order valence-corrected chi connectivity index (χ4v) is 2.46. The number of hydrogen-bond donors (Lipinski definition) is 1. The van der Waals surface area contributed by atoms with E-state index in [1.165, 1.54) is 24.0 Å². The van der Waals surface area contributed by atoms with Crippen molar-refractivity contribution in [2.45, 2.75) is 38.5 Å². The molecule has 0 unspecified atom stereocenters. The summed E-state index contributed by atoms with van der Waals surface area (Å²) in [6.07, 6.45) is 3.45. The zero-order valence-electron chi connectivity index (χ0n) is 8.60. The summed E-state index contributed by atoms with van der Waals surface area (Å²) < 4.78 is 0. The SMILES string of the molecule is CC1(C)CCCc2cc(O)c(Cl)cc21. The first-order valence-corrected chi connectivity index (χ1v) is 5.40. The first-order chi connectivity index (χ1) is 6.50. The lowest BCUT2D eigenvalue weighted by atomic mass is 9.73. The molecule has 0 aromatic heterocycles. The molecule has 0 bridgehead atoms. The van der Waals surface area contributed by atoms with Crippen molar-refractivity contribution in [3.63, 3.8) is 0 Å². The molecule has 0 radical (unpaired) electrons. The van der Waals surface area contributed by atoms with Gasteiger partial charge in [0.15, 0.2) is 0 Å². The van der Waals surface area contributed by atoms with E-state index in [9.17, 15) is 5.11 Å². The summed E-state index contributed by atoms with van der Waals surface area (Å²) in [4.78, 5) is 0. The average molecular weight is 211 g/mol. The monoisotopic (exact) mass is 210 g/mol. The summed E-state index contributed by atoms with van der Waals surface area (Å²) in [6.45, 7) is 4.47. The Labute approximate surface area is 89.7 Å². The molecule has 1 aliphatic carbocycles. The van der Waals surface area contributed by atoms with Crippen molar-refractivity contribution in [2.75, 3.05) is 0 Å². The molecule has 76 valence electrons. The fraction of sp³-hybridized carbons (Fsp3) is 0.500. The molecule has 0 aliphatic heterocycles. The van der Waals surface area contributed by atoms with E-state index in [1.807, 2.05) is 12.1 Å². The molecule has 0 spiro atoms. The number of phenolic OH excluding ortho intramolecular Hbond substituents is 1. The van der Waals surface area contributed by atoms with Crippen molar-refractivity contribution in [1.82, 2.24) is 0 Å². The summed E-state index contributed by atoms with van der Waals surface area (Å²) in [5.41, 5.74) is 2.75. The summed E-state index contributed by atoms with van der Waals surface area (Å²) in [5, 5.41) is 9.98. The molecule has 1 aromatic carbocycles. The minimum absolute atomic E-state index is 0.199. The Bertz CT molecular complexity index is 369. The molecule has 0 heterocycles. The van der Waals surface area contributed by atoms with Crippen LogP contribution in [-0.2, 0) is 11.8 Å². The van der Waals surface area contributed by atoms with Gasteiger partial charge < -0.3 is 5.11 Å². The molecule has 0 fully saturated rings. The van der Waals surface area contributed by atoms with Gasteiger partial charge in [-0.05, 0) is 47.9 Å². The van der Waals surface area contributed by atoms with Crippen molar-refractivity contribution in [1.29, 1.82) is 0 Å². The summed E-state index contributed by atoms with van der Waals surface area (Å²) in [5.74, 6) is 0.211. The highest BCUT2D eigenvalue weighted by Gasteiger charge is 2.28. The van der Waals surface area contributed by atoms with Gasteiger partial charge in [0.2, 0.25) is 0 Å². The Balaban J connectivity index is 2.59. The standard InChI is InChI=1S/C12H15ClO/c1-12(2)5-3-4-8-6-11(14)10(13)7-9(8)12/h6-7,14H,3-5H2,1-2H3. The van der Waals surface area contributed by atoms with Crippen LogP contribution in [0, 0.1) is 0 Å². The van der Waals surface area contributed by atoms with Gasteiger partial charge in [0.1, 0.15) is 5.75 Å². The van der Waals surface area contributed by atoms with E-state index < -0.39 is 0 Å². The topological polar surface area (TPSA) is 20.2 Å². The maximum atomic E-state index is 9.51. The van der Waals surface area contributed by atoms with Gasteiger partial charge in [-0.15, -0.1) is 0 Å². The third-order valence-corrected chi connectivity index (χ3v) is 3.45. The molecular formula is C12H15ClO. The molecule has 1 N–H and O–H groups in total. The molecule has 0 amide bonds. The van der Waals surface area contributed by atoms with Crippen LogP contribution in [0.25, 0.3) is 0 Å². The highest BCUT2D eigenvalue weighted by Crippen LogP contribution is 2.40. The second-order valence-corrected chi connectivity index (χ2v) is 5.11. The number of phenols is 1. The summed E-state index contributed by atoms with van der Waals surface area (Å²) in [7, 11) is 0. The van der Waals surface area contributed by atoms with Crippen LogP contribution < -0.4 is 0 Å². The Kier molecular flexibility index (Phi) is 2.23. The molecule has 2 heteroatoms. The normalized spacial score (nSPS) is 19.1. The van der Waals surface area contributed by atoms with E-state index in [0.29, 0.717) is 5.02 Å². The maximum absolute atomic E-state index is 9.51. The maximum Gasteiger partial charge on any atom is 0.134 e. The summed E-state index contributed by atoms with van der Waals surface area (Å²) in [6, 6.07) is 3.74. The lowest BCUT2D eigenvalue weighted by Crippen LogP contribution is -2.23. The van der Waals surface area contributed by atoms with Gasteiger partial charge in [-0.3, -0.25) is 0 Å². The van der Waals surface area contributed by atoms with Crippen LogP contribution in [0.1, 0.15) is 37.8 Å². The van der Waals surface area contributed by atoms with E-state index in [4.69, 9.17) is 11.6 Å². The fourth-order valence-electron chi connectivity index (χ4n) is 2.30. The molecule has 1 aromatic rings. The smallest absolute Gasteiger partial charge is 0.134 e. The quantitative estimate of drug-likeness (QED) is 0.693. The van der Waals surface area contributed by atoms with Crippen molar-refractivity contribution < 1.29 is 5.11 Å². The predicted octanol–water partition coefficient (Wildman–Crippen LogP) is 3.66. The van der Waals surface area contributed by atoms with Gasteiger partial charge >= 0.3 is 0 Å². The number of benzene rings is 1. The van der Waals surface area contributed by atoms with Gasteiger partial charge in [0.25, 0.3) is 0 Å². The van der Waals surface area contributed by atoms with Crippen LogP contribution in [0.2, 0.25) is 5.02 Å². The van der Waals surface area contributed by atoms with Crippen LogP contribution in [0.3, 0.4) is 0 Å². The number of fused-ring (bicyclic) bond motifs is 1. The Morgan fingerprint density at radius 2 is 2.07 bits per heavy atom. The first-order valence-electron chi connectivity index (χ1n) is 5.02. The Morgan fingerprint density at radius 1 is 1.36 bits per heavy atom. The Hall–Kier alpha value is -0.690. The van der Waals surface area contributed by atoms with E-state index in [1.54, 1.807) is 0 Å². The lowest BCUT2D eigenvalue weighted by Gasteiger charge is -2.32. The van der Waals surface area contributed by atoms with Crippen LogP contribution in [0.5, 0.6) is 5.75 Å². The van der Waals surface area contributed by atoms with Crippen molar-refractivity contribution in [2.24, 2.45) is 0 Å². The van der Waals surface area contributed by atoms with Crippen LogP contribution in [0.4, 0.5) is 0 Å². The van der Waals surface area contributed by atoms with Gasteiger partial charge in [0.05, 0.1) is 5.02 Å². The van der Waals surface area contributed by atoms with Crippen LogP contribution in [0.15, 0.2) is 12.1 Å². The van der Waals surface area contributed by atoms with E-state index in [-0.39, 0.29) is 11.2 Å². The lowest BCUT2D eigenvalue weighted by molar-refractivity contribution is 0.426. The number of hydrogen-bond acceptors (Lipinski definition) is 1. The van der Waals surface area contributed by atoms with E-state index >= 15 is 0 Å². The highest BCUT2D eigenvalue weighted by molar-refractivity contribution is 6.32. The Morgan fingerprint density at radius 3 is 2.79 bits per heavy atom. The third kappa shape index (κ3) is 1.50. The second kappa shape index (κ2) is 3.16. The first kappa shape index (κ1) is 9.85. The minimum Gasteiger partial charge on any atom is -0.506 e. The van der Waals surface area contributed by atoms with Crippen molar-refractivity contribution >= 4 is 11.6 Å². The van der Waals surface area contributed by atoms with Crippen molar-refractivity contribution in [3.8, 4) is 5.75 Å². The molecule has 0 saturated heterocycles. The zero-order valence-corrected chi connectivity index (χ0v) is 9.36. The average Bonchev–Trinajstić information content (AvgIpc) is 2.08. The van der Waals surface area contributed by atoms with E-state index in [2.05, 4.69) is 13.8 Å². The van der Waals surface area contributed by atoms with Gasteiger partial charge in [-0.2, -0.15) is 0 Å². The molecular weight excluding hydrogens is 196 g/mol. The third-order valence-electron chi connectivity index (χ3n) is 3.15. The molecule has 2 rings (SSSR count). The van der Waals surface area contributed by atoms with Gasteiger partial charge in [-0.25, -0.2) is 0 Å². The molecule has 14 heavy (non-hydrogen) atoms. The highest BCUT2D eigenvalue weighted by atomic mass is 35.5.